The van der Waals surface area contributed by atoms with Crippen LogP contribution in [0.3, 0.4) is 0 Å². The first-order valence-corrected chi connectivity index (χ1v) is 11.5. The lowest BCUT2D eigenvalue weighted by Crippen LogP contribution is -2.49. The quantitative estimate of drug-likeness (QED) is 0.135. The number of nitrogens with one attached hydrogen (secondary N) is 2. The molecule has 0 saturated heterocycles. The predicted octanol–water partition coefficient (Wildman–Crippen LogP) is 1.60. The molecule has 3 aromatic carbocycles. The number of carboxylic acids is 2. The highest BCUT2D eigenvalue weighted by molar-refractivity contribution is 7.80. The first-order valence-electron chi connectivity index (χ1n) is 10.9. The van der Waals surface area contributed by atoms with Crippen molar-refractivity contribution in [2.24, 2.45) is 5.73 Å². The topological polar surface area (TPSA) is 176 Å². The number of carbonyl (C=O) groups excluding carboxylic acids is 3. The van der Waals surface area contributed by atoms with Crippen LogP contribution in [0.1, 0.15) is 23.2 Å². The van der Waals surface area contributed by atoms with Crippen molar-refractivity contribution in [1.29, 1.82) is 0 Å². The molecule has 0 heterocycles. The maximum absolute atomic E-state index is 11.5. The maximum atomic E-state index is 11.5. The number of carboxylic acid groups (broad SMARTS) is 2. The Morgan fingerprint density at radius 3 is 2.19 bits per heavy atom. The number of nitrogens with two attached hydrogens (primary N) is 1. The van der Waals surface area contributed by atoms with E-state index in [2.05, 4.69) is 47.5 Å². The molecule has 3 aromatic rings. The molecular formula is C25H27N3O7S. The number of thiol groups is 1. The normalized spacial score (nSPS) is 12.1. The zero-order valence-corrected chi connectivity index (χ0v) is 20.1. The van der Waals surface area contributed by atoms with E-state index in [1.807, 2.05) is 30.3 Å². The molecule has 0 aliphatic rings. The Morgan fingerprint density at radius 2 is 1.61 bits per heavy atom. The molecule has 10 nitrogen and oxygen atoms in total. The van der Waals surface area contributed by atoms with Gasteiger partial charge in [-0.1, -0.05) is 42.5 Å². The van der Waals surface area contributed by atoms with E-state index in [1.54, 1.807) is 0 Å². The lowest BCUT2D eigenvalue weighted by molar-refractivity contribution is -0.139. The van der Waals surface area contributed by atoms with Gasteiger partial charge >= 0.3 is 11.9 Å². The highest BCUT2D eigenvalue weighted by Crippen LogP contribution is 2.24. The average molecular weight is 514 g/mol. The number of aldehydes is 1. The summed E-state index contributed by atoms with van der Waals surface area (Å²) in [5.74, 6) is -3.70. The number of carbonyl (C=O) groups is 5. The number of rotatable bonds is 10. The van der Waals surface area contributed by atoms with Crippen molar-refractivity contribution >= 4 is 64.2 Å². The van der Waals surface area contributed by atoms with Crippen LogP contribution in [0.25, 0.3) is 21.5 Å². The average Bonchev–Trinajstić information content (AvgIpc) is 2.87. The Morgan fingerprint density at radius 1 is 0.972 bits per heavy atom. The minimum absolute atomic E-state index is 0.0256. The Kier molecular flexibility index (Phi) is 10.8. The Bertz CT molecular complexity index is 1260. The molecule has 6 N–H and O–H groups in total. The van der Waals surface area contributed by atoms with Crippen molar-refractivity contribution in [2.75, 3.05) is 12.3 Å². The third kappa shape index (κ3) is 8.36. The first kappa shape index (κ1) is 28.3. The second-order valence-electron chi connectivity index (χ2n) is 7.78. The second-order valence-corrected chi connectivity index (χ2v) is 8.15. The van der Waals surface area contributed by atoms with Crippen LogP contribution in [-0.2, 0) is 19.2 Å². The molecule has 190 valence electrons. The van der Waals surface area contributed by atoms with Crippen LogP contribution in [0.2, 0.25) is 0 Å². The fraction of sp³-hybridized carbons (Fsp3) is 0.240. The summed E-state index contributed by atoms with van der Waals surface area (Å²) in [7, 11) is 0. The van der Waals surface area contributed by atoms with E-state index in [4.69, 9.17) is 15.9 Å². The van der Waals surface area contributed by atoms with Gasteiger partial charge in [0, 0.05) is 17.7 Å². The number of fused-ring (bicyclic) bond motifs is 2. The Hall–Kier alpha value is -3.96. The van der Waals surface area contributed by atoms with E-state index in [-0.39, 0.29) is 18.6 Å². The minimum Gasteiger partial charge on any atom is -0.480 e. The fourth-order valence-electron chi connectivity index (χ4n) is 3.25. The van der Waals surface area contributed by atoms with E-state index in [0.29, 0.717) is 0 Å². The fourth-order valence-corrected chi connectivity index (χ4v) is 3.51. The second kappa shape index (κ2) is 13.8. The monoisotopic (exact) mass is 513 g/mol. The van der Waals surface area contributed by atoms with Gasteiger partial charge in [-0.25, -0.2) is 0 Å². The zero-order valence-electron chi connectivity index (χ0n) is 19.2. The summed E-state index contributed by atoms with van der Waals surface area (Å²) >= 11 is 3.87. The summed E-state index contributed by atoms with van der Waals surface area (Å²) in [5.41, 5.74) is 5.98. The van der Waals surface area contributed by atoms with Crippen LogP contribution in [0, 0.1) is 0 Å². The zero-order chi connectivity index (χ0) is 26.7. The van der Waals surface area contributed by atoms with Crippen LogP contribution in [0.15, 0.2) is 54.6 Å². The molecular weight excluding hydrogens is 486 g/mol. The van der Waals surface area contributed by atoms with Gasteiger partial charge in [0.05, 0.1) is 0 Å². The van der Waals surface area contributed by atoms with Crippen molar-refractivity contribution in [2.45, 2.75) is 24.9 Å². The van der Waals surface area contributed by atoms with Gasteiger partial charge in [-0.05, 0) is 40.1 Å². The standard InChI is InChI=1S/C15H10O.C10H17N3O6S/c16-10-14-7-3-6-13-8-11-4-1-2-5-12(11)9-15(13)14;11-5(10(18)19)1-2-7(14)13-6(4-20)9(17)12-3-8(15)16/h1-10H;5-6,20H,1-4,11H2,(H,12,17)(H,13,14)(H,15,16)(H,18,19). The third-order valence-electron chi connectivity index (χ3n) is 5.16. The van der Waals surface area contributed by atoms with E-state index in [1.165, 1.54) is 10.8 Å². The van der Waals surface area contributed by atoms with Gasteiger partial charge in [0.1, 0.15) is 18.6 Å². The van der Waals surface area contributed by atoms with Gasteiger partial charge in [0.15, 0.2) is 6.29 Å². The molecule has 0 aliphatic heterocycles. The Labute approximate surface area is 212 Å². The molecule has 2 amide bonds. The molecule has 0 fully saturated rings. The van der Waals surface area contributed by atoms with Crippen LogP contribution in [0.4, 0.5) is 0 Å². The van der Waals surface area contributed by atoms with Gasteiger partial charge in [0.2, 0.25) is 11.8 Å². The van der Waals surface area contributed by atoms with Gasteiger partial charge in [-0.3, -0.25) is 24.0 Å². The van der Waals surface area contributed by atoms with E-state index in [0.717, 1.165) is 22.6 Å². The molecule has 0 radical (unpaired) electrons. The number of hydrogen-bond acceptors (Lipinski definition) is 7. The summed E-state index contributed by atoms with van der Waals surface area (Å²) in [4.78, 5) is 54.7. The largest absolute Gasteiger partial charge is 0.480 e. The molecule has 0 bridgehead atoms. The molecule has 2 atom stereocenters. The number of aliphatic carboxylic acids is 2. The lowest BCUT2D eigenvalue weighted by atomic mass is 10.0. The number of amides is 2. The third-order valence-corrected chi connectivity index (χ3v) is 5.52. The SMILES string of the molecule is NC(CCC(=O)NC(CS)C(=O)NCC(=O)O)C(=O)O.O=Cc1cccc2cc3ccccc3cc12. The molecule has 0 spiro atoms. The van der Waals surface area contributed by atoms with Gasteiger partial charge in [0.25, 0.3) is 0 Å². The summed E-state index contributed by atoms with van der Waals surface area (Å²) in [6.07, 6.45) is 0.679. The van der Waals surface area contributed by atoms with E-state index < -0.39 is 42.4 Å². The molecule has 0 saturated carbocycles. The maximum Gasteiger partial charge on any atom is 0.322 e. The molecule has 0 aliphatic carbocycles. The van der Waals surface area contributed by atoms with Crippen molar-refractivity contribution in [3.8, 4) is 0 Å². The van der Waals surface area contributed by atoms with Gasteiger partial charge in [-0.2, -0.15) is 12.6 Å². The van der Waals surface area contributed by atoms with Crippen LogP contribution >= 0.6 is 12.6 Å². The minimum atomic E-state index is -1.22. The predicted molar refractivity (Wildman–Crippen MR) is 138 cm³/mol. The lowest BCUT2D eigenvalue weighted by Gasteiger charge is -2.16. The Balaban J connectivity index is 0.000000257. The smallest absolute Gasteiger partial charge is 0.322 e. The van der Waals surface area contributed by atoms with Gasteiger partial charge < -0.3 is 26.6 Å². The summed E-state index contributed by atoms with van der Waals surface area (Å²) in [5, 5.41) is 25.9. The highest BCUT2D eigenvalue weighted by atomic mass is 32.1. The summed E-state index contributed by atoms with van der Waals surface area (Å²) in [6, 6.07) is 16.0. The molecule has 11 heteroatoms. The van der Waals surface area contributed by atoms with E-state index in [9.17, 15) is 24.0 Å². The highest BCUT2D eigenvalue weighted by Gasteiger charge is 2.21. The molecule has 2 unspecified atom stereocenters. The van der Waals surface area contributed by atoms with Crippen molar-refractivity contribution in [1.82, 2.24) is 10.6 Å². The number of hydrogen-bond donors (Lipinski definition) is 6. The van der Waals surface area contributed by atoms with Crippen molar-refractivity contribution in [3.05, 3.63) is 60.2 Å². The summed E-state index contributed by atoms with van der Waals surface area (Å²) in [6.45, 7) is -0.567. The van der Waals surface area contributed by atoms with Gasteiger partial charge in [-0.15, -0.1) is 0 Å². The van der Waals surface area contributed by atoms with Crippen molar-refractivity contribution in [3.63, 3.8) is 0 Å². The van der Waals surface area contributed by atoms with Crippen LogP contribution < -0.4 is 16.4 Å². The number of benzene rings is 3. The molecule has 0 aromatic heterocycles. The van der Waals surface area contributed by atoms with E-state index >= 15 is 0 Å². The van der Waals surface area contributed by atoms with Crippen molar-refractivity contribution < 1.29 is 34.2 Å². The first-order chi connectivity index (χ1) is 17.2. The molecule has 3 rings (SSSR count). The molecule has 36 heavy (non-hydrogen) atoms. The van der Waals surface area contributed by atoms with Crippen LogP contribution in [-0.4, -0.2) is 64.6 Å². The summed E-state index contributed by atoms with van der Waals surface area (Å²) < 4.78 is 0. The van der Waals surface area contributed by atoms with Crippen LogP contribution in [0.5, 0.6) is 0 Å².